The summed E-state index contributed by atoms with van der Waals surface area (Å²) in [5, 5.41) is 11.2. The Hall–Kier alpha value is -0.920. The number of hydrogen-bond acceptors (Lipinski definition) is 4. The summed E-state index contributed by atoms with van der Waals surface area (Å²) in [4.78, 5) is 10.5. The van der Waals surface area contributed by atoms with Crippen LogP contribution in [0.4, 0.5) is 0 Å². The SMILES string of the molecule is N#CCCNC1(C=O)COC1. The van der Waals surface area contributed by atoms with Gasteiger partial charge in [-0.15, -0.1) is 0 Å². The molecule has 1 fully saturated rings. The van der Waals surface area contributed by atoms with Crippen molar-refractivity contribution in [2.45, 2.75) is 12.0 Å². The largest absolute Gasteiger partial charge is 0.376 e. The van der Waals surface area contributed by atoms with Crippen LogP contribution < -0.4 is 5.32 Å². The third kappa shape index (κ3) is 1.76. The van der Waals surface area contributed by atoms with E-state index in [-0.39, 0.29) is 0 Å². The lowest BCUT2D eigenvalue weighted by molar-refractivity contribution is -0.132. The molecular formula is C7H10N2O2. The van der Waals surface area contributed by atoms with Crippen molar-refractivity contribution in [1.29, 1.82) is 5.26 Å². The molecule has 0 bridgehead atoms. The second-order valence-electron chi connectivity index (χ2n) is 2.60. The molecule has 1 aliphatic heterocycles. The van der Waals surface area contributed by atoms with E-state index in [4.69, 9.17) is 10.00 Å². The molecular weight excluding hydrogens is 144 g/mol. The summed E-state index contributed by atoms with van der Waals surface area (Å²) in [6.07, 6.45) is 1.28. The molecule has 1 N–H and O–H groups in total. The molecule has 11 heavy (non-hydrogen) atoms. The Morgan fingerprint density at radius 1 is 1.73 bits per heavy atom. The maximum atomic E-state index is 10.5. The molecule has 0 aromatic rings. The van der Waals surface area contributed by atoms with Gasteiger partial charge in [0.2, 0.25) is 0 Å². The second kappa shape index (κ2) is 3.46. The van der Waals surface area contributed by atoms with Gasteiger partial charge in [-0.3, -0.25) is 0 Å². The summed E-state index contributed by atoms with van der Waals surface area (Å²) in [7, 11) is 0. The van der Waals surface area contributed by atoms with Crippen molar-refractivity contribution in [2.24, 2.45) is 0 Å². The van der Waals surface area contributed by atoms with Crippen LogP contribution in [-0.2, 0) is 9.53 Å². The molecule has 0 amide bonds. The van der Waals surface area contributed by atoms with Crippen LogP contribution in [-0.4, -0.2) is 31.6 Å². The van der Waals surface area contributed by atoms with E-state index in [9.17, 15) is 4.79 Å². The van der Waals surface area contributed by atoms with Gasteiger partial charge in [0.25, 0.3) is 0 Å². The van der Waals surface area contributed by atoms with Crippen LogP contribution in [0.2, 0.25) is 0 Å². The second-order valence-corrected chi connectivity index (χ2v) is 2.60. The lowest BCUT2D eigenvalue weighted by atomic mass is 10.00. The molecule has 0 atom stereocenters. The van der Waals surface area contributed by atoms with Gasteiger partial charge in [-0.25, -0.2) is 0 Å². The molecule has 1 heterocycles. The molecule has 0 aromatic heterocycles. The summed E-state index contributed by atoms with van der Waals surface area (Å²) in [5.74, 6) is 0. The molecule has 60 valence electrons. The van der Waals surface area contributed by atoms with E-state index < -0.39 is 5.54 Å². The molecule has 1 saturated heterocycles. The zero-order valence-electron chi connectivity index (χ0n) is 6.17. The summed E-state index contributed by atoms with van der Waals surface area (Å²) in [6.45, 7) is 1.42. The molecule has 0 unspecified atom stereocenters. The molecule has 1 rings (SSSR count). The van der Waals surface area contributed by atoms with Crippen LogP contribution >= 0.6 is 0 Å². The quantitative estimate of drug-likeness (QED) is 0.436. The monoisotopic (exact) mass is 154 g/mol. The molecule has 4 nitrogen and oxygen atoms in total. The molecule has 0 saturated carbocycles. The number of rotatable bonds is 4. The summed E-state index contributed by atoms with van der Waals surface area (Å²) in [5.41, 5.74) is -0.489. The lowest BCUT2D eigenvalue weighted by Crippen LogP contribution is -2.61. The van der Waals surface area contributed by atoms with Crippen LogP contribution in [0.15, 0.2) is 0 Å². The van der Waals surface area contributed by atoms with E-state index in [1.165, 1.54) is 0 Å². The highest BCUT2D eigenvalue weighted by atomic mass is 16.5. The van der Waals surface area contributed by atoms with Crippen molar-refractivity contribution >= 4 is 6.29 Å². The first kappa shape index (κ1) is 8.18. The van der Waals surface area contributed by atoms with Crippen LogP contribution in [0.5, 0.6) is 0 Å². The Bertz CT molecular complexity index is 181. The maximum absolute atomic E-state index is 10.5. The fourth-order valence-electron chi connectivity index (χ4n) is 0.901. The van der Waals surface area contributed by atoms with Gasteiger partial charge in [0, 0.05) is 13.0 Å². The minimum absolute atomic E-state index is 0.426. The van der Waals surface area contributed by atoms with Gasteiger partial charge in [-0.2, -0.15) is 5.26 Å². The van der Waals surface area contributed by atoms with Crippen LogP contribution in [0, 0.1) is 11.3 Å². The Kier molecular flexibility index (Phi) is 2.58. The van der Waals surface area contributed by atoms with Crippen molar-refractivity contribution in [3.63, 3.8) is 0 Å². The first-order chi connectivity index (χ1) is 5.33. The van der Waals surface area contributed by atoms with Gasteiger partial charge in [0.05, 0.1) is 19.3 Å². The Morgan fingerprint density at radius 2 is 2.45 bits per heavy atom. The zero-order valence-corrected chi connectivity index (χ0v) is 6.17. The standard InChI is InChI=1S/C7H10N2O2/c8-2-1-3-9-7(4-10)5-11-6-7/h4,9H,1,3,5-6H2. The lowest BCUT2D eigenvalue weighted by Gasteiger charge is -2.36. The normalized spacial score (nSPS) is 19.9. The number of nitrogens with zero attached hydrogens (tertiary/aromatic N) is 1. The predicted octanol–water partition coefficient (Wildman–Crippen LogP) is -0.542. The molecule has 0 spiro atoms. The van der Waals surface area contributed by atoms with E-state index in [2.05, 4.69) is 5.32 Å². The minimum Gasteiger partial charge on any atom is -0.376 e. The van der Waals surface area contributed by atoms with Gasteiger partial charge < -0.3 is 14.8 Å². The Morgan fingerprint density at radius 3 is 2.82 bits per heavy atom. The fourth-order valence-corrected chi connectivity index (χ4v) is 0.901. The summed E-state index contributed by atoms with van der Waals surface area (Å²) in [6, 6.07) is 1.99. The van der Waals surface area contributed by atoms with Crippen LogP contribution in [0.3, 0.4) is 0 Å². The molecule has 0 radical (unpaired) electrons. The highest BCUT2D eigenvalue weighted by molar-refractivity contribution is 5.66. The zero-order chi connectivity index (χ0) is 8.16. The van der Waals surface area contributed by atoms with E-state index in [1.807, 2.05) is 6.07 Å². The molecule has 0 aromatic carbocycles. The van der Waals surface area contributed by atoms with Gasteiger partial charge in [0.15, 0.2) is 0 Å². The molecule has 1 aliphatic rings. The third-order valence-electron chi connectivity index (χ3n) is 1.66. The van der Waals surface area contributed by atoms with E-state index >= 15 is 0 Å². The smallest absolute Gasteiger partial charge is 0.144 e. The van der Waals surface area contributed by atoms with Crippen molar-refractivity contribution in [3.8, 4) is 6.07 Å². The first-order valence-corrected chi connectivity index (χ1v) is 3.49. The minimum atomic E-state index is -0.489. The van der Waals surface area contributed by atoms with Gasteiger partial charge in [-0.1, -0.05) is 0 Å². The average Bonchev–Trinajstić information content (AvgIpc) is 1.95. The van der Waals surface area contributed by atoms with Crippen molar-refractivity contribution < 1.29 is 9.53 Å². The van der Waals surface area contributed by atoms with E-state index in [0.29, 0.717) is 26.2 Å². The van der Waals surface area contributed by atoms with Gasteiger partial charge in [0.1, 0.15) is 11.8 Å². The van der Waals surface area contributed by atoms with E-state index in [0.717, 1.165) is 6.29 Å². The van der Waals surface area contributed by atoms with Crippen LogP contribution in [0.25, 0.3) is 0 Å². The van der Waals surface area contributed by atoms with Crippen molar-refractivity contribution in [3.05, 3.63) is 0 Å². The van der Waals surface area contributed by atoms with E-state index in [1.54, 1.807) is 0 Å². The highest BCUT2D eigenvalue weighted by Crippen LogP contribution is 2.13. The number of ether oxygens (including phenoxy) is 1. The summed E-state index contributed by atoms with van der Waals surface area (Å²) < 4.78 is 4.88. The average molecular weight is 154 g/mol. The predicted molar refractivity (Wildman–Crippen MR) is 37.8 cm³/mol. The maximum Gasteiger partial charge on any atom is 0.144 e. The summed E-state index contributed by atoms with van der Waals surface area (Å²) >= 11 is 0. The Labute approximate surface area is 65.1 Å². The highest BCUT2D eigenvalue weighted by Gasteiger charge is 2.37. The number of nitrogens with one attached hydrogen (secondary N) is 1. The fraction of sp³-hybridized carbons (Fsp3) is 0.714. The first-order valence-electron chi connectivity index (χ1n) is 3.49. The Balaban J connectivity index is 2.23. The van der Waals surface area contributed by atoms with Crippen molar-refractivity contribution in [2.75, 3.05) is 19.8 Å². The van der Waals surface area contributed by atoms with Crippen LogP contribution in [0.1, 0.15) is 6.42 Å². The molecule has 4 heteroatoms. The topological polar surface area (TPSA) is 62.1 Å². The number of carbonyl (C=O) groups excluding carboxylic acids is 1. The van der Waals surface area contributed by atoms with Gasteiger partial charge >= 0.3 is 0 Å². The number of aldehydes is 1. The van der Waals surface area contributed by atoms with Crippen molar-refractivity contribution in [1.82, 2.24) is 5.32 Å². The third-order valence-corrected chi connectivity index (χ3v) is 1.66. The number of carbonyl (C=O) groups is 1. The number of nitriles is 1. The number of hydrogen-bond donors (Lipinski definition) is 1. The molecule has 0 aliphatic carbocycles. The van der Waals surface area contributed by atoms with Gasteiger partial charge in [-0.05, 0) is 0 Å².